The molecule has 0 fully saturated rings. The number of aryl methyl sites for hydroxylation is 1. The molecule has 0 aliphatic carbocycles. The summed E-state index contributed by atoms with van der Waals surface area (Å²) < 4.78 is 27.6. The number of nitrogens with zero attached hydrogens (tertiary/aromatic N) is 2. The number of hydrogen-bond donors (Lipinski definition) is 3. The summed E-state index contributed by atoms with van der Waals surface area (Å²) in [6.07, 6.45) is 0. The van der Waals surface area contributed by atoms with Gasteiger partial charge in [-0.15, -0.1) is 0 Å². The summed E-state index contributed by atoms with van der Waals surface area (Å²) in [6, 6.07) is 11.1. The molecule has 0 radical (unpaired) electrons. The van der Waals surface area contributed by atoms with Crippen molar-refractivity contribution in [2.45, 2.75) is 6.92 Å². The van der Waals surface area contributed by atoms with Gasteiger partial charge in [0.05, 0.1) is 5.56 Å². The number of benzene rings is 2. The standard InChI is InChI=1S/C18H14F2N4O2/c1-10-21-15(23-12-7-5-11(6-8-12)18(25)26)9-16(22-10)24-17-13(19)3-2-4-14(17)20/h2-9H,1H3,(H,25,26)(H2,21,22,23,24). The van der Waals surface area contributed by atoms with Crippen molar-refractivity contribution in [3.8, 4) is 0 Å². The van der Waals surface area contributed by atoms with Crippen molar-refractivity contribution < 1.29 is 18.7 Å². The van der Waals surface area contributed by atoms with Gasteiger partial charge in [0.2, 0.25) is 0 Å². The number of aromatic nitrogens is 2. The van der Waals surface area contributed by atoms with E-state index in [4.69, 9.17) is 5.11 Å². The Hall–Kier alpha value is -3.55. The van der Waals surface area contributed by atoms with E-state index in [1.54, 1.807) is 19.1 Å². The molecule has 0 saturated carbocycles. The molecule has 132 valence electrons. The summed E-state index contributed by atoms with van der Waals surface area (Å²) in [5, 5.41) is 14.5. The molecule has 8 heteroatoms. The van der Waals surface area contributed by atoms with Gasteiger partial charge in [-0.3, -0.25) is 0 Å². The number of aromatic carboxylic acids is 1. The predicted molar refractivity (Wildman–Crippen MR) is 93.1 cm³/mol. The molecule has 0 amide bonds. The molecule has 0 spiro atoms. The second kappa shape index (κ2) is 7.14. The molecule has 3 rings (SSSR count). The fourth-order valence-corrected chi connectivity index (χ4v) is 2.29. The van der Waals surface area contributed by atoms with Gasteiger partial charge >= 0.3 is 5.97 Å². The normalized spacial score (nSPS) is 10.4. The summed E-state index contributed by atoms with van der Waals surface area (Å²) >= 11 is 0. The first-order valence-electron chi connectivity index (χ1n) is 7.59. The molecule has 0 aliphatic rings. The number of carbonyl (C=O) groups is 1. The molecular weight excluding hydrogens is 342 g/mol. The topological polar surface area (TPSA) is 87.1 Å². The van der Waals surface area contributed by atoms with Crippen molar-refractivity contribution in [3.05, 3.63) is 71.6 Å². The maximum atomic E-state index is 13.8. The Kier molecular flexibility index (Phi) is 4.74. The summed E-state index contributed by atoms with van der Waals surface area (Å²) in [6.45, 7) is 1.64. The highest BCUT2D eigenvalue weighted by Gasteiger charge is 2.11. The minimum Gasteiger partial charge on any atom is -0.478 e. The van der Waals surface area contributed by atoms with Gasteiger partial charge in [-0.2, -0.15) is 0 Å². The lowest BCUT2D eigenvalue weighted by atomic mass is 10.2. The highest BCUT2D eigenvalue weighted by molar-refractivity contribution is 5.88. The van der Waals surface area contributed by atoms with Crippen LogP contribution in [0.5, 0.6) is 0 Å². The van der Waals surface area contributed by atoms with Gasteiger partial charge in [0, 0.05) is 11.8 Å². The molecule has 3 aromatic rings. The second-order valence-corrected chi connectivity index (χ2v) is 5.41. The van der Waals surface area contributed by atoms with E-state index in [0.29, 0.717) is 17.3 Å². The van der Waals surface area contributed by atoms with E-state index >= 15 is 0 Å². The average molecular weight is 356 g/mol. The first-order chi connectivity index (χ1) is 12.4. The number of carboxylic acids is 1. The highest BCUT2D eigenvalue weighted by atomic mass is 19.1. The largest absolute Gasteiger partial charge is 0.478 e. The quantitative estimate of drug-likeness (QED) is 0.634. The van der Waals surface area contributed by atoms with Crippen LogP contribution >= 0.6 is 0 Å². The zero-order valence-electron chi connectivity index (χ0n) is 13.6. The van der Waals surface area contributed by atoms with E-state index < -0.39 is 17.6 Å². The van der Waals surface area contributed by atoms with Crippen LogP contribution in [0.3, 0.4) is 0 Å². The first kappa shape index (κ1) is 17.3. The lowest BCUT2D eigenvalue weighted by Crippen LogP contribution is -2.04. The molecule has 1 heterocycles. The summed E-state index contributed by atoms with van der Waals surface area (Å²) in [5.74, 6) is -1.50. The maximum Gasteiger partial charge on any atom is 0.335 e. The van der Waals surface area contributed by atoms with E-state index in [-0.39, 0.29) is 17.1 Å². The monoisotopic (exact) mass is 356 g/mol. The van der Waals surface area contributed by atoms with Crippen LogP contribution in [-0.4, -0.2) is 21.0 Å². The van der Waals surface area contributed by atoms with Gasteiger partial charge in [0.1, 0.15) is 34.8 Å². The van der Waals surface area contributed by atoms with Crippen molar-refractivity contribution >= 4 is 29.0 Å². The Labute approximate surface area is 147 Å². The third-order valence-corrected chi connectivity index (χ3v) is 3.46. The first-order valence-corrected chi connectivity index (χ1v) is 7.59. The Balaban J connectivity index is 1.84. The molecule has 3 N–H and O–H groups in total. The minimum atomic E-state index is -1.02. The third kappa shape index (κ3) is 3.92. The van der Waals surface area contributed by atoms with Crippen LogP contribution in [0.1, 0.15) is 16.2 Å². The second-order valence-electron chi connectivity index (χ2n) is 5.41. The number of anilines is 4. The SMILES string of the molecule is Cc1nc(Nc2ccc(C(=O)O)cc2)cc(Nc2c(F)cccc2F)n1. The Morgan fingerprint density at radius 1 is 0.962 bits per heavy atom. The Bertz CT molecular complexity index is 942. The highest BCUT2D eigenvalue weighted by Crippen LogP contribution is 2.24. The maximum absolute atomic E-state index is 13.8. The van der Waals surface area contributed by atoms with Gasteiger partial charge in [0.25, 0.3) is 0 Å². The van der Waals surface area contributed by atoms with Crippen molar-refractivity contribution in [2.24, 2.45) is 0 Å². The third-order valence-electron chi connectivity index (χ3n) is 3.46. The number of rotatable bonds is 5. The molecule has 0 unspecified atom stereocenters. The van der Waals surface area contributed by atoms with Crippen LogP contribution in [0, 0.1) is 18.6 Å². The van der Waals surface area contributed by atoms with Gasteiger partial charge < -0.3 is 15.7 Å². The van der Waals surface area contributed by atoms with Crippen molar-refractivity contribution in [1.82, 2.24) is 9.97 Å². The van der Waals surface area contributed by atoms with Crippen LogP contribution in [0.25, 0.3) is 0 Å². The van der Waals surface area contributed by atoms with Crippen molar-refractivity contribution in [1.29, 1.82) is 0 Å². The predicted octanol–water partition coefficient (Wildman–Crippen LogP) is 4.25. The van der Waals surface area contributed by atoms with Crippen LogP contribution in [0.4, 0.5) is 31.8 Å². The Morgan fingerprint density at radius 3 is 2.12 bits per heavy atom. The Morgan fingerprint density at radius 2 is 1.54 bits per heavy atom. The number of nitrogens with one attached hydrogen (secondary N) is 2. The van der Waals surface area contributed by atoms with E-state index in [9.17, 15) is 13.6 Å². The van der Waals surface area contributed by atoms with Crippen LogP contribution in [-0.2, 0) is 0 Å². The zero-order valence-corrected chi connectivity index (χ0v) is 13.6. The molecule has 1 aromatic heterocycles. The lowest BCUT2D eigenvalue weighted by molar-refractivity contribution is 0.0697. The smallest absolute Gasteiger partial charge is 0.335 e. The van der Waals surface area contributed by atoms with Crippen LogP contribution < -0.4 is 10.6 Å². The molecule has 6 nitrogen and oxygen atoms in total. The molecule has 26 heavy (non-hydrogen) atoms. The number of carboxylic acid groups (broad SMARTS) is 1. The van der Waals surface area contributed by atoms with Crippen LogP contribution in [0.2, 0.25) is 0 Å². The molecule has 0 aliphatic heterocycles. The van der Waals surface area contributed by atoms with Crippen LogP contribution in [0.15, 0.2) is 48.5 Å². The molecule has 0 saturated heterocycles. The van der Waals surface area contributed by atoms with E-state index in [2.05, 4.69) is 20.6 Å². The molecular formula is C18H14F2N4O2. The van der Waals surface area contributed by atoms with E-state index in [1.807, 2.05) is 0 Å². The lowest BCUT2D eigenvalue weighted by Gasteiger charge is -2.11. The number of halogens is 2. The fraction of sp³-hybridized carbons (Fsp3) is 0.0556. The summed E-state index contributed by atoms with van der Waals surface area (Å²) in [7, 11) is 0. The van der Waals surface area contributed by atoms with Crippen molar-refractivity contribution in [2.75, 3.05) is 10.6 Å². The summed E-state index contributed by atoms with van der Waals surface area (Å²) in [5.41, 5.74) is 0.463. The van der Waals surface area contributed by atoms with Gasteiger partial charge in [0.15, 0.2) is 0 Å². The number of hydrogen-bond acceptors (Lipinski definition) is 5. The zero-order chi connectivity index (χ0) is 18.7. The number of para-hydroxylation sites is 1. The van der Waals surface area contributed by atoms with E-state index in [0.717, 1.165) is 12.1 Å². The molecule has 0 bridgehead atoms. The summed E-state index contributed by atoms with van der Waals surface area (Å²) in [4.78, 5) is 19.2. The fourth-order valence-electron chi connectivity index (χ4n) is 2.29. The van der Waals surface area contributed by atoms with Gasteiger partial charge in [-0.1, -0.05) is 6.07 Å². The minimum absolute atomic E-state index is 0.159. The molecule has 2 aromatic carbocycles. The van der Waals surface area contributed by atoms with E-state index in [1.165, 1.54) is 24.3 Å². The average Bonchev–Trinajstić information content (AvgIpc) is 2.58. The molecule has 0 atom stereocenters. The van der Waals surface area contributed by atoms with Crippen molar-refractivity contribution in [3.63, 3.8) is 0 Å². The van der Waals surface area contributed by atoms with Gasteiger partial charge in [-0.25, -0.2) is 23.5 Å². The van der Waals surface area contributed by atoms with Gasteiger partial charge in [-0.05, 0) is 43.3 Å².